The highest BCUT2D eigenvalue weighted by molar-refractivity contribution is 6.42. The number of carbonyl (C=O) groups is 1. The van der Waals surface area contributed by atoms with Crippen molar-refractivity contribution in [2.24, 2.45) is 5.41 Å². The number of rotatable bonds is 7. The Hall–Kier alpha value is -1.92. The van der Waals surface area contributed by atoms with Crippen LogP contribution in [0.2, 0.25) is 10.0 Å². The average Bonchev–Trinajstić information content (AvgIpc) is 2.61. The molecule has 8 heteroatoms. The summed E-state index contributed by atoms with van der Waals surface area (Å²) >= 11 is 12.5. The third kappa shape index (κ3) is 5.03. The van der Waals surface area contributed by atoms with Gasteiger partial charge in [0.15, 0.2) is 0 Å². The minimum Gasteiger partial charge on any atom is -0.491 e. The summed E-state index contributed by atoms with van der Waals surface area (Å²) in [4.78, 5) is 25.1. The Labute approximate surface area is 187 Å². The molecule has 0 aliphatic heterocycles. The SMILES string of the molecule is CCCCOc1c(C(NC(=O)O)C(C)(C)C)n(C(C)C)c(=O)c2cc(Cl)c(Cl)cc12. The maximum atomic E-state index is 13.5. The molecule has 0 spiro atoms. The molecule has 0 aliphatic carbocycles. The fourth-order valence-corrected chi connectivity index (χ4v) is 3.80. The summed E-state index contributed by atoms with van der Waals surface area (Å²) < 4.78 is 7.79. The molecule has 6 nitrogen and oxygen atoms in total. The van der Waals surface area contributed by atoms with Crippen LogP contribution in [0.4, 0.5) is 4.79 Å². The van der Waals surface area contributed by atoms with Crippen molar-refractivity contribution in [2.75, 3.05) is 6.61 Å². The maximum Gasteiger partial charge on any atom is 0.405 e. The maximum absolute atomic E-state index is 13.5. The van der Waals surface area contributed by atoms with E-state index in [1.807, 2.05) is 34.6 Å². The van der Waals surface area contributed by atoms with Crippen LogP contribution in [0, 0.1) is 5.41 Å². The molecule has 2 rings (SSSR count). The lowest BCUT2D eigenvalue weighted by Gasteiger charge is -2.35. The van der Waals surface area contributed by atoms with Gasteiger partial charge in [0.1, 0.15) is 5.75 Å². The van der Waals surface area contributed by atoms with Crippen molar-refractivity contribution in [3.05, 3.63) is 38.2 Å². The fourth-order valence-electron chi connectivity index (χ4n) is 3.47. The third-order valence-corrected chi connectivity index (χ3v) is 5.64. The predicted octanol–water partition coefficient (Wildman–Crippen LogP) is 6.42. The second-order valence-electron chi connectivity index (χ2n) is 8.75. The van der Waals surface area contributed by atoms with Gasteiger partial charge >= 0.3 is 6.09 Å². The normalized spacial score (nSPS) is 13.0. The number of unbranched alkanes of at least 4 members (excludes halogenated alkanes) is 1. The summed E-state index contributed by atoms with van der Waals surface area (Å²) in [5.41, 5.74) is -0.307. The first-order chi connectivity index (χ1) is 13.9. The molecular formula is C22H30Cl2N2O4. The highest BCUT2D eigenvalue weighted by Gasteiger charge is 2.35. The van der Waals surface area contributed by atoms with Crippen LogP contribution in [-0.2, 0) is 0 Å². The van der Waals surface area contributed by atoms with Gasteiger partial charge < -0.3 is 19.7 Å². The third-order valence-electron chi connectivity index (χ3n) is 4.91. The molecule has 2 aromatic rings. The van der Waals surface area contributed by atoms with Crippen LogP contribution >= 0.6 is 23.2 Å². The Morgan fingerprint density at radius 3 is 2.23 bits per heavy atom. The Morgan fingerprint density at radius 1 is 1.20 bits per heavy atom. The standard InChI is InChI=1S/C22H30Cl2N2O4/c1-7-8-9-30-18-13-10-15(23)16(24)11-14(13)20(27)26(12(2)3)17(18)19(22(4,5)6)25-21(28)29/h10-12,19,25H,7-9H2,1-6H3,(H,28,29). The van der Waals surface area contributed by atoms with Gasteiger partial charge in [-0.25, -0.2) is 4.79 Å². The highest BCUT2D eigenvalue weighted by Crippen LogP contribution is 2.42. The van der Waals surface area contributed by atoms with Crippen LogP contribution in [-0.4, -0.2) is 22.4 Å². The second-order valence-corrected chi connectivity index (χ2v) is 9.56. The van der Waals surface area contributed by atoms with Gasteiger partial charge in [0, 0.05) is 11.4 Å². The topological polar surface area (TPSA) is 80.6 Å². The molecule has 0 fully saturated rings. The van der Waals surface area contributed by atoms with E-state index in [-0.39, 0.29) is 16.6 Å². The number of pyridine rings is 1. The van der Waals surface area contributed by atoms with Crippen LogP contribution in [0.3, 0.4) is 0 Å². The number of halogens is 2. The van der Waals surface area contributed by atoms with Crippen LogP contribution in [0.25, 0.3) is 10.8 Å². The first-order valence-electron chi connectivity index (χ1n) is 10.1. The molecule has 0 bridgehead atoms. The number of nitrogens with zero attached hydrogens (tertiary/aromatic N) is 1. The van der Waals surface area contributed by atoms with Crippen molar-refractivity contribution in [2.45, 2.75) is 66.5 Å². The molecule has 166 valence electrons. The quantitative estimate of drug-likeness (QED) is 0.470. The first-order valence-corrected chi connectivity index (χ1v) is 10.8. The van der Waals surface area contributed by atoms with E-state index in [9.17, 15) is 14.7 Å². The Morgan fingerprint density at radius 2 is 1.77 bits per heavy atom. The van der Waals surface area contributed by atoms with Crippen molar-refractivity contribution >= 4 is 40.1 Å². The molecule has 1 atom stereocenters. The molecule has 0 saturated heterocycles. The van der Waals surface area contributed by atoms with Gasteiger partial charge in [-0.2, -0.15) is 0 Å². The Bertz CT molecular complexity index is 994. The number of fused-ring (bicyclic) bond motifs is 1. The second kappa shape index (κ2) is 9.48. The molecule has 0 radical (unpaired) electrons. The van der Waals surface area contributed by atoms with E-state index >= 15 is 0 Å². The minimum atomic E-state index is -1.17. The van der Waals surface area contributed by atoms with Gasteiger partial charge in [-0.05, 0) is 37.8 Å². The average molecular weight is 457 g/mol. The predicted molar refractivity (Wildman–Crippen MR) is 122 cm³/mol. The van der Waals surface area contributed by atoms with Gasteiger partial charge in [-0.15, -0.1) is 0 Å². The lowest BCUT2D eigenvalue weighted by Crippen LogP contribution is -2.40. The Balaban J connectivity index is 3.03. The lowest BCUT2D eigenvalue weighted by atomic mass is 9.83. The number of aromatic nitrogens is 1. The molecule has 1 aromatic heterocycles. The van der Waals surface area contributed by atoms with Crippen LogP contribution in [0.15, 0.2) is 16.9 Å². The summed E-state index contributed by atoms with van der Waals surface area (Å²) in [6.45, 7) is 12.0. The van der Waals surface area contributed by atoms with Crippen LogP contribution in [0.1, 0.15) is 72.2 Å². The molecule has 0 aliphatic rings. The van der Waals surface area contributed by atoms with E-state index in [4.69, 9.17) is 27.9 Å². The van der Waals surface area contributed by atoms with E-state index in [2.05, 4.69) is 12.2 Å². The van der Waals surface area contributed by atoms with Gasteiger partial charge in [-0.1, -0.05) is 57.3 Å². The number of benzene rings is 1. The molecular weight excluding hydrogens is 427 g/mol. The lowest BCUT2D eigenvalue weighted by molar-refractivity contribution is 0.170. The summed E-state index contributed by atoms with van der Waals surface area (Å²) in [7, 11) is 0. The summed E-state index contributed by atoms with van der Waals surface area (Å²) in [5, 5.41) is 13.6. The first kappa shape index (κ1) is 24.4. The number of ether oxygens (including phenoxy) is 1. The zero-order valence-corrected chi connectivity index (χ0v) is 19.8. The number of carboxylic acid groups (broad SMARTS) is 1. The van der Waals surface area contributed by atoms with Gasteiger partial charge in [0.2, 0.25) is 0 Å². The summed E-state index contributed by atoms with van der Waals surface area (Å²) in [5.74, 6) is 0.457. The van der Waals surface area contributed by atoms with Crippen molar-refractivity contribution in [1.29, 1.82) is 0 Å². The van der Waals surface area contributed by atoms with Gasteiger partial charge in [0.25, 0.3) is 5.56 Å². The summed E-state index contributed by atoms with van der Waals surface area (Å²) in [6, 6.07) is 2.24. The zero-order chi connectivity index (χ0) is 22.8. The molecule has 30 heavy (non-hydrogen) atoms. The molecule has 1 unspecified atom stereocenters. The van der Waals surface area contributed by atoms with Crippen molar-refractivity contribution in [3.8, 4) is 5.75 Å². The molecule has 0 saturated carbocycles. The number of nitrogens with one attached hydrogen (secondary N) is 1. The van der Waals surface area contributed by atoms with Gasteiger partial charge in [0.05, 0.1) is 33.8 Å². The zero-order valence-electron chi connectivity index (χ0n) is 18.3. The van der Waals surface area contributed by atoms with Crippen molar-refractivity contribution in [1.82, 2.24) is 9.88 Å². The van der Waals surface area contributed by atoms with E-state index in [0.717, 1.165) is 12.8 Å². The van der Waals surface area contributed by atoms with Gasteiger partial charge in [-0.3, -0.25) is 4.79 Å². The molecule has 1 aromatic carbocycles. The minimum absolute atomic E-state index is 0.236. The van der Waals surface area contributed by atoms with Crippen LogP contribution in [0.5, 0.6) is 5.75 Å². The summed E-state index contributed by atoms with van der Waals surface area (Å²) in [6.07, 6.45) is 0.571. The number of hydrogen-bond donors (Lipinski definition) is 2. The fraction of sp³-hybridized carbons (Fsp3) is 0.545. The Kier molecular flexibility index (Phi) is 7.69. The van der Waals surface area contributed by atoms with Crippen molar-refractivity contribution < 1.29 is 14.6 Å². The highest BCUT2D eigenvalue weighted by atomic mass is 35.5. The van der Waals surface area contributed by atoms with Crippen LogP contribution < -0.4 is 15.6 Å². The molecule has 2 N–H and O–H groups in total. The molecule has 1 amide bonds. The van der Waals surface area contributed by atoms with E-state index in [0.29, 0.717) is 33.8 Å². The van der Waals surface area contributed by atoms with E-state index < -0.39 is 17.6 Å². The van der Waals surface area contributed by atoms with Crippen molar-refractivity contribution in [3.63, 3.8) is 0 Å². The van der Waals surface area contributed by atoms with E-state index in [1.54, 1.807) is 16.7 Å². The monoisotopic (exact) mass is 456 g/mol. The largest absolute Gasteiger partial charge is 0.491 e. The number of hydrogen-bond acceptors (Lipinski definition) is 3. The number of amides is 1. The molecule has 1 heterocycles. The smallest absolute Gasteiger partial charge is 0.405 e. The van der Waals surface area contributed by atoms with E-state index in [1.165, 1.54) is 0 Å².